The van der Waals surface area contributed by atoms with E-state index in [4.69, 9.17) is 4.42 Å². The van der Waals surface area contributed by atoms with Gasteiger partial charge in [0, 0.05) is 24.9 Å². The maximum atomic E-state index is 5.93. The van der Waals surface area contributed by atoms with Crippen molar-refractivity contribution in [3.63, 3.8) is 0 Å². The van der Waals surface area contributed by atoms with Gasteiger partial charge in [0.25, 0.3) is 0 Å². The first-order valence-corrected chi connectivity index (χ1v) is 6.60. The second kappa shape index (κ2) is 4.58. The molecule has 1 aliphatic heterocycles. The van der Waals surface area contributed by atoms with E-state index < -0.39 is 0 Å². The Morgan fingerprint density at radius 3 is 2.44 bits per heavy atom. The van der Waals surface area contributed by atoms with Gasteiger partial charge in [0.15, 0.2) is 5.89 Å². The van der Waals surface area contributed by atoms with Crippen molar-refractivity contribution in [1.82, 2.24) is 10.3 Å². The summed E-state index contributed by atoms with van der Waals surface area (Å²) < 4.78 is 5.93. The van der Waals surface area contributed by atoms with Crippen molar-refractivity contribution in [3.8, 4) is 0 Å². The van der Waals surface area contributed by atoms with Crippen LogP contribution in [-0.2, 0) is 0 Å². The van der Waals surface area contributed by atoms with Crippen LogP contribution in [0.15, 0.2) is 10.6 Å². The molecule has 1 N–H and O–H groups in total. The molecule has 0 unspecified atom stereocenters. The van der Waals surface area contributed by atoms with E-state index in [1.165, 1.54) is 38.5 Å². The van der Waals surface area contributed by atoms with Gasteiger partial charge in [0.1, 0.15) is 5.76 Å². The molecule has 1 aromatic rings. The molecule has 3 rings (SSSR count). The Labute approximate surface area is 96.6 Å². The first kappa shape index (κ1) is 10.3. The summed E-state index contributed by atoms with van der Waals surface area (Å²) in [6, 6.07) is 0. The van der Waals surface area contributed by atoms with Crippen LogP contribution in [0.25, 0.3) is 0 Å². The van der Waals surface area contributed by atoms with Gasteiger partial charge in [-0.2, -0.15) is 0 Å². The van der Waals surface area contributed by atoms with Crippen molar-refractivity contribution in [2.75, 3.05) is 13.1 Å². The summed E-state index contributed by atoms with van der Waals surface area (Å²) >= 11 is 0. The van der Waals surface area contributed by atoms with E-state index in [9.17, 15) is 0 Å². The van der Waals surface area contributed by atoms with E-state index >= 15 is 0 Å². The quantitative estimate of drug-likeness (QED) is 0.779. The summed E-state index contributed by atoms with van der Waals surface area (Å²) in [5.74, 6) is 3.26. The lowest BCUT2D eigenvalue weighted by Gasteiger charge is -2.24. The minimum atomic E-state index is 0.576. The Kier molecular flexibility index (Phi) is 2.96. The molecule has 2 aliphatic rings. The van der Waals surface area contributed by atoms with E-state index in [1.807, 2.05) is 6.20 Å². The highest BCUT2D eigenvalue weighted by molar-refractivity contribution is 5.09. The number of hydrogen-bond donors (Lipinski definition) is 1. The number of oxazole rings is 1. The zero-order valence-electron chi connectivity index (χ0n) is 9.74. The molecule has 3 nitrogen and oxygen atoms in total. The predicted molar refractivity (Wildman–Crippen MR) is 62.6 cm³/mol. The molecule has 0 atom stereocenters. The fourth-order valence-electron chi connectivity index (χ4n) is 2.69. The molecule has 1 aromatic heterocycles. The van der Waals surface area contributed by atoms with Crippen LogP contribution in [0.3, 0.4) is 0 Å². The topological polar surface area (TPSA) is 38.1 Å². The lowest BCUT2D eigenvalue weighted by molar-refractivity contribution is 0.335. The van der Waals surface area contributed by atoms with Crippen molar-refractivity contribution in [3.05, 3.63) is 17.8 Å². The Hall–Kier alpha value is -0.830. The van der Waals surface area contributed by atoms with E-state index in [0.29, 0.717) is 11.8 Å². The first-order chi connectivity index (χ1) is 7.93. The van der Waals surface area contributed by atoms with Gasteiger partial charge in [0.2, 0.25) is 0 Å². The summed E-state index contributed by atoms with van der Waals surface area (Å²) in [7, 11) is 0. The fourth-order valence-corrected chi connectivity index (χ4v) is 2.69. The van der Waals surface area contributed by atoms with Crippen LogP contribution < -0.4 is 5.32 Å². The van der Waals surface area contributed by atoms with Crippen molar-refractivity contribution in [2.24, 2.45) is 0 Å². The van der Waals surface area contributed by atoms with Crippen molar-refractivity contribution >= 4 is 0 Å². The van der Waals surface area contributed by atoms with Crippen molar-refractivity contribution in [2.45, 2.75) is 50.4 Å². The molecule has 0 amide bonds. The summed E-state index contributed by atoms with van der Waals surface area (Å²) in [5, 5.41) is 3.27. The Bertz CT molecular complexity index is 335. The third-order valence-corrected chi connectivity index (χ3v) is 3.93. The van der Waals surface area contributed by atoms with Crippen molar-refractivity contribution in [1.29, 1.82) is 0 Å². The Morgan fingerprint density at radius 1 is 1.06 bits per heavy atom. The van der Waals surface area contributed by atoms with Gasteiger partial charge in [-0.1, -0.05) is 25.7 Å². The van der Waals surface area contributed by atoms with Crippen molar-refractivity contribution < 1.29 is 4.42 Å². The predicted octanol–water partition coefficient (Wildman–Crippen LogP) is 2.80. The molecule has 88 valence electrons. The third-order valence-electron chi connectivity index (χ3n) is 3.93. The normalized spacial score (nSPS) is 24.0. The summed E-state index contributed by atoms with van der Waals surface area (Å²) in [6.45, 7) is 2.11. The second-order valence-electron chi connectivity index (χ2n) is 5.14. The van der Waals surface area contributed by atoms with Crippen LogP contribution >= 0.6 is 0 Å². The highest BCUT2D eigenvalue weighted by Crippen LogP contribution is 2.32. The molecule has 2 fully saturated rings. The summed E-state index contributed by atoms with van der Waals surface area (Å²) in [5.41, 5.74) is 0. The number of nitrogens with zero attached hydrogens (tertiary/aromatic N) is 1. The average molecular weight is 220 g/mol. The van der Waals surface area contributed by atoms with Gasteiger partial charge in [-0.3, -0.25) is 0 Å². The molecular weight excluding hydrogens is 200 g/mol. The minimum absolute atomic E-state index is 0.576. The monoisotopic (exact) mass is 220 g/mol. The maximum absolute atomic E-state index is 5.93. The highest BCUT2D eigenvalue weighted by Gasteiger charge is 2.25. The Balaban J connectivity index is 1.70. The summed E-state index contributed by atoms with van der Waals surface area (Å²) in [6.07, 6.45) is 9.94. The van der Waals surface area contributed by atoms with E-state index in [1.54, 1.807) is 0 Å². The lowest BCUT2D eigenvalue weighted by atomic mass is 10.0. The fraction of sp³-hybridized carbons (Fsp3) is 0.769. The summed E-state index contributed by atoms with van der Waals surface area (Å²) in [4.78, 5) is 4.49. The molecule has 0 aromatic carbocycles. The van der Waals surface area contributed by atoms with Crippen LogP contribution in [0.2, 0.25) is 0 Å². The number of aromatic nitrogens is 1. The van der Waals surface area contributed by atoms with E-state index in [0.717, 1.165) is 24.7 Å². The smallest absolute Gasteiger partial charge is 0.197 e. The molecule has 3 heteroatoms. The molecular formula is C13H20N2O. The van der Waals surface area contributed by atoms with Gasteiger partial charge in [-0.25, -0.2) is 4.98 Å². The number of nitrogens with one attached hydrogen (secondary N) is 1. The maximum Gasteiger partial charge on any atom is 0.197 e. The zero-order valence-corrected chi connectivity index (χ0v) is 9.74. The molecule has 1 saturated heterocycles. The molecule has 16 heavy (non-hydrogen) atoms. The van der Waals surface area contributed by atoms with E-state index in [-0.39, 0.29) is 0 Å². The lowest BCUT2D eigenvalue weighted by Crippen LogP contribution is -2.39. The number of hydrogen-bond acceptors (Lipinski definition) is 3. The van der Waals surface area contributed by atoms with Gasteiger partial charge >= 0.3 is 0 Å². The molecule has 0 bridgehead atoms. The van der Waals surface area contributed by atoms with Crippen LogP contribution in [-0.4, -0.2) is 18.1 Å². The molecule has 2 heterocycles. The number of rotatable bonds is 2. The van der Waals surface area contributed by atoms with Crippen LogP contribution in [0.5, 0.6) is 0 Å². The van der Waals surface area contributed by atoms with Gasteiger partial charge in [0.05, 0.1) is 6.20 Å². The molecule has 1 saturated carbocycles. The Morgan fingerprint density at radius 2 is 1.81 bits per heavy atom. The third kappa shape index (κ3) is 2.01. The van der Waals surface area contributed by atoms with Gasteiger partial charge in [-0.05, 0) is 12.8 Å². The van der Waals surface area contributed by atoms with E-state index in [2.05, 4.69) is 10.3 Å². The van der Waals surface area contributed by atoms with Crippen LogP contribution in [0, 0.1) is 0 Å². The first-order valence-electron chi connectivity index (χ1n) is 6.60. The minimum Gasteiger partial charge on any atom is -0.445 e. The zero-order chi connectivity index (χ0) is 10.8. The molecule has 0 radical (unpaired) electrons. The van der Waals surface area contributed by atoms with Crippen LogP contribution in [0.1, 0.15) is 62.0 Å². The van der Waals surface area contributed by atoms with Gasteiger partial charge in [-0.15, -0.1) is 0 Å². The average Bonchev–Trinajstić information content (AvgIpc) is 2.52. The SMILES string of the molecule is c1nc(C2CCCCCC2)oc1C1CNC1. The second-order valence-corrected chi connectivity index (χ2v) is 5.14. The standard InChI is InChI=1S/C13H20N2O/c1-2-4-6-10(5-3-1)13-15-9-12(16-13)11-7-14-8-11/h9-11,14H,1-8H2. The highest BCUT2D eigenvalue weighted by atomic mass is 16.4. The molecule has 0 spiro atoms. The largest absolute Gasteiger partial charge is 0.445 e. The molecule has 1 aliphatic carbocycles. The van der Waals surface area contributed by atoms with Gasteiger partial charge < -0.3 is 9.73 Å². The van der Waals surface area contributed by atoms with Crippen LogP contribution in [0.4, 0.5) is 0 Å².